The Kier molecular flexibility index (Phi) is 7.84. The largest absolute Gasteiger partial charge is 0.478 e. The number of anilines is 2. The van der Waals surface area contributed by atoms with Crippen molar-refractivity contribution < 1.29 is 27.4 Å². The van der Waals surface area contributed by atoms with E-state index in [1.807, 2.05) is 42.2 Å². The monoisotopic (exact) mass is 479 g/mol. The Balaban J connectivity index is 2.20. The van der Waals surface area contributed by atoms with Crippen LogP contribution in [-0.4, -0.2) is 37.8 Å². The summed E-state index contributed by atoms with van der Waals surface area (Å²) in [6, 6.07) is 12.3. The molecule has 2 aromatic rings. The van der Waals surface area contributed by atoms with Crippen LogP contribution in [0.3, 0.4) is 0 Å². The highest BCUT2D eigenvalue weighted by Crippen LogP contribution is 2.45. The van der Waals surface area contributed by atoms with Crippen molar-refractivity contribution in [2.75, 3.05) is 17.7 Å². The van der Waals surface area contributed by atoms with Crippen molar-refractivity contribution in [3.8, 4) is 5.75 Å². The highest BCUT2D eigenvalue weighted by atomic mass is 32.2. The Labute approximate surface area is 192 Å². The molecule has 0 fully saturated rings. The van der Waals surface area contributed by atoms with Gasteiger partial charge in [0.2, 0.25) is 15.3 Å². The molecule has 0 saturated carbocycles. The van der Waals surface area contributed by atoms with Gasteiger partial charge in [-0.1, -0.05) is 38.0 Å². The summed E-state index contributed by atoms with van der Waals surface area (Å²) in [4.78, 5) is 13.1. The van der Waals surface area contributed by atoms with Crippen molar-refractivity contribution in [2.45, 2.75) is 41.5 Å². The van der Waals surface area contributed by atoms with Gasteiger partial charge in [0.05, 0.1) is 27.8 Å². The summed E-state index contributed by atoms with van der Waals surface area (Å²) >= 11 is 1.33. The summed E-state index contributed by atoms with van der Waals surface area (Å²) in [5, 5.41) is 8.80. The summed E-state index contributed by atoms with van der Waals surface area (Å²) in [5.41, 5.74) is -0.896. The highest BCUT2D eigenvalue weighted by molar-refractivity contribution is 7.98. The number of rotatable bonds is 8. The molecular weight excluding hydrogens is 453 g/mol. The molecule has 1 N–H and O–H groups in total. The summed E-state index contributed by atoms with van der Waals surface area (Å²) < 4.78 is 47.6. The summed E-state index contributed by atoms with van der Waals surface area (Å²) in [6.45, 7) is 2.21. The average Bonchev–Trinajstić information content (AvgIpc) is 2.86. The van der Waals surface area contributed by atoms with E-state index in [9.17, 15) is 13.2 Å². The maximum absolute atomic E-state index is 15.5. The molecule has 6 nitrogen and oxygen atoms in total. The number of ether oxygens (including phenoxy) is 1. The van der Waals surface area contributed by atoms with Crippen LogP contribution in [0.2, 0.25) is 0 Å². The van der Waals surface area contributed by atoms with Crippen molar-refractivity contribution >= 4 is 38.9 Å². The van der Waals surface area contributed by atoms with Gasteiger partial charge in [0.25, 0.3) is 0 Å². The van der Waals surface area contributed by atoms with Crippen LogP contribution in [0.25, 0.3) is 0 Å². The number of unbranched alkanes of at least 4 members (excludes halogenated alkanes) is 1. The van der Waals surface area contributed by atoms with Gasteiger partial charge in [-0.3, -0.25) is 0 Å². The number of carbonyl (C=O) groups is 1. The fraction of sp³-hybridized carbons (Fsp3) is 0.348. The van der Waals surface area contributed by atoms with Crippen molar-refractivity contribution in [2.24, 2.45) is 5.92 Å². The van der Waals surface area contributed by atoms with Crippen LogP contribution in [0.4, 0.5) is 15.8 Å². The minimum Gasteiger partial charge on any atom is -0.478 e. The van der Waals surface area contributed by atoms with Crippen molar-refractivity contribution in [3.05, 3.63) is 54.8 Å². The third-order valence-corrected chi connectivity index (χ3v) is 8.01. The lowest BCUT2D eigenvalue weighted by molar-refractivity contribution is -0.131. The van der Waals surface area contributed by atoms with Crippen LogP contribution in [0.15, 0.2) is 64.6 Å². The quantitative estimate of drug-likeness (QED) is 0.308. The van der Waals surface area contributed by atoms with Crippen LogP contribution in [0, 0.1) is 5.92 Å². The van der Waals surface area contributed by atoms with Crippen molar-refractivity contribution in [1.29, 1.82) is 0 Å². The number of benzene rings is 2. The van der Waals surface area contributed by atoms with E-state index in [4.69, 9.17) is 9.84 Å². The lowest BCUT2D eigenvalue weighted by atomic mass is 10.0. The van der Waals surface area contributed by atoms with E-state index in [-0.39, 0.29) is 17.2 Å². The summed E-state index contributed by atoms with van der Waals surface area (Å²) in [7, 11) is -4.30. The van der Waals surface area contributed by atoms with Crippen LogP contribution in [0.1, 0.15) is 26.2 Å². The number of halogens is 1. The van der Waals surface area contributed by atoms with E-state index in [1.165, 1.54) is 17.8 Å². The number of aliphatic carboxylic acids is 1. The minimum absolute atomic E-state index is 0.157. The maximum atomic E-state index is 15.5. The Morgan fingerprint density at radius 3 is 2.66 bits per heavy atom. The molecule has 2 aromatic carbocycles. The van der Waals surface area contributed by atoms with Gasteiger partial charge in [-0.05, 0) is 30.9 Å². The van der Waals surface area contributed by atoms with Crippen molar-refractivity contribution in [1.82, 2.24) is 0 Å². The van der Waals surface area contributed by atoms with Gasteiger partial charge in [-0.15, -0.1) is 11.8 Å². The molecule has 0 saturated heterocycles. The topological polar surface area (TPSA) is 83.9 Å². The van der Waals surface area contributed by atoms with E-state index in [1.54, 1.807) is 12.3 Å². The number of carboxylic acids is 1. The second kappa shape index (κ2) is 10.4. The van der Waals surface area contributed by atoms with Gasteiger partial charge in [0.15, 0.2) is 0 Å². The van der Waals surface area contributed by atoms with Crippen LogP contribution >= 0.6 is 11.8 Å². The zero-order chi connectivity index (χ0) is 23.3. The predicted octanol–water partition coefficient (Wildman–Crippen LogP) is 5.41. The zero-order valence-corrected chi connectivity index (χ0v) is 19.5. The van der Waals surface area contributed by atoms with Gasteiger partial charge in [-0.25, -0.2) is 17.6 Å². The van der Waals surface area contributed by atoms with E-state index in [0.29, 0.717) is 17.0 Å². The molecule has 0 aromatic heterocycles. The number of fused-ring (bicyclic) bond motifs is 1. The van der Waals surface area contributed by atoms with Gasteiger partial charge >= 0.3 is 5.97 Å². The van der Waals surface area contributed by atoms with Gasteiger partial charge < -0.3 is 14.7 Å². The molecule has 3 rings (SSSR count). The molecule has 32 heavy (non-hydrogen) atoms. The molecule has 0 aliphatic carbocycles. The van der Waals surface area contributed by atoms with E-state index in [0.717, 1.165) is 30.9 Å². The van der Waals surface area contributed by atoms with E-state index >= 15 is 4.39 Å². The van der Waals surface area contributed by atoms with Gasteiger partial charge in [-0.2, -0.15) is 0 Å². The summed E-state index contributed by atoms with van der Waals surface area (Å²) in [6.07, 6.45) is 5.60. The second-order valence-electron chi connectivity index (χ2n) is 7.47. The molecule has 0 bridgehead atoms. The third-order valence-electron chi connectivity index (χ3n) is 5.33. The molecule has 9 heteroatoms. The van der Waals surface area contributed by atoms with Gasteiger partial charge in [0.1, 0.15) is 5.75 Å². The number of sulfone groups is 1. The van der Waals surface area contributed by atoms with Crippen LogP contribution < -0.4 is 9.64 Å². The zero-order valence-electron chi connectivity index (χ0n) is 17.9. The molecular formula is C23H26FNO5S2. The first-order chi connectivity index (χ1) is 15.3. The summed E-state index contributed by atoms with van der Waals surface area (Å²) in [5.74, 6) is -1.73. The third kappa shape index (κ3) is 5.10. The Bertz CT molecular complexity index is 1090. The molecule has 1 heterocycles. The molecule has 0 unspecified atom stereocenters. The average molecular weight is 480 g/mol. The van der Waals surface area contributed by atoms with E-state index < -0.39 is 27.2 Å². The minimum atomic E-state index is -4.30. The number of nitrogens with zero attached hydrogens (tertiary/aromatic N) is 1. The second-order valence-corrected chi connectivity index (χ2v) is 10.3. The number of hydrogen-bond donors (Lipinski definition) is 1. The smallest absolute Gasteiger partial charge is 0.331 e. The number of hydrogen-bond acceptors (Lipinski definition) is 6. The Morgan fingerprint density at radius 1 is 1.31 bits per heavy atom. The van der Waals surface area contributed by atoms with Crippen LogP contribution in [-0.2, 0) is 14.6 Å². The Morgan fingerprint density at radius 2 is 2.03 bits per heavy atom. The molecule has 0 spiro atoms. The molecule has 172 valence electrons. The molecule has 2 atom stereocenters. The molecule has 1 aliphatic heterocycles. The fourth-order valence-electron chi connectivity index (χ4n) is 3.72. The first kappa shape index (κ1) is 24.1. The molecule has 1 aliphatic rings. The number of alkyl halides is 1. The lowest BCUT2D eigenvalue weighted by Gasteiger charge is -2.28. The molecule has 0 radical (unpaired) electrons. The standard InChI is InChI=1S/C23H26FNO5S2/c1-3-4-8-16-15-25(17-9-6-5-7-10-17)18-13-20(31-2)19(30-12-11-22(26)27)14-21(18)32(28,29)23(16)24/h5-7,9-14,16,23H,3-4,8,15H2,1-2H3,(H,26,27)/t16-,23+/m0/s1. The normalized spacial score (nSPS) is 20.0. The molecule has 0 amide bonds. The lowest BCUT2D eigenvalue weighted by Crippen LogP contribution is -2.31. The predicted molar refractivity (Wildman–Crippen MR) is 124 cm³/mol. The maximum Gasteiger partial charge on any atom is 0.331 e. The SMILES string of the molecule is CCCC[C@H]1CN(c2ccccc2)c2cc(SC)c(OC=CC(=O)O)cc2S(=O)(=O)[C@H]1F. The van der Waals surface area contributed by atoms with Crippen LogP contribution in [0.5, 0.6) is 5.75 Å². The van der Waals surface area contributed by atoms with Gasteiger partial charge in [0, 0.05) is 24.2 Å². The Hall–Kier alpha value is -2.52. The van der Waals surface area contributed by atoms with Crippen molar-refractivity contribution in [3.63, 3.8) is 0 Å². The number of carboxylic acid groups (broad SMARTS) is 1. The number of para-hydroxylation sites is 1. The highest BCUT2D eigenvalue weighted by Gasteiger charge is 2.42. The number of thioether (sulfide) groups is 1. The van der Waals surface area contributed by atoms with E-state index in [2.05, 4.69) is 0 Å². The fourth-order valence-corrected chi connectivity index (χ4v) is 5.96. The first-order valence-electron chi connectivity index (χ1n) is 10.3. The first-order valence-corrected chi connectivity index (χ1v) is 13.1.